The number of ether oxygens (including phenoxy) is 3. The summed E-state index contributed by atoms with van der Waals surface area (Å²) in [4.78, 5) is 28.7. The summed E-state index contributed by atoms with van der Waals surface area (Å²) in [5.74, 6) is 0.0919. The molecule has 0 unspecified atom stereocenters. The molecule has 2 amide bonds. The van der Waals surface area contributed by atoms with Crippen LogP contribution in [0.15, 0.2) is 57.8 Å². The largest absolute Gasteiger partial charge is 0.487 e. The number of aryl methyl sites for hydroxylation is 1. The molecular weight excluding hydrogens is 614 g/mol. The van der Waals surface area contributed by atoms with E-state index >= 15 is 0 Å². The highest BCUT2D eigenvalue weighted by molar-refractivity contribution is 7.92. The number of benzene rings is 2. The number of halogens is 1. The first-order valence-corrected chi connectivity index (χ1v) is 17.7. The van der Waals surface area contributed by atoms with Crippen LogP contribution in [0.3, 0.4) is 0 Å². The van der Waals surface area contributed by atoms with E-state index in [0.29, 0.717) is 29.2 Å². The second-order valence-electron chi connectivity index (χ2n) is 12.5. The normalized spacial score (nSPS) is 27.7. The smallest absolute Gasteiger partial charge is 0.287 e. The molecule has 2 bridgehead atoms. The van der Waals surface area contributed by atoms with Crippen LogP contribution in [0.1, 0.15) is 64.0 Å². The number of amides is 2. The van der Waals surface area contributed by atoms with Crippen LogP contribution in [0.4, 0.5) is 5.69 Å². The third-order valence-electron chi connectivity index (χ3n) is 9.06. The Balaban J connectivity index is 1.65. The topological polar surface area (TPSA) is 107 Å². The SMILES string of the molecule is CCC(=O)N[S@]1(=O)=NC(=O)C(C)(C)OC/C=C/[C@@H](OC)[C@@H]2CC[C@H]2CN2CCCCc3cc(Cl)ccc3COc3ccc1cc32. The summed E-state index contributed by atoms with van der Waals surface area (Å²) >= 11 is 6.35. The lowest BCUT2D eigenvalue weighted by atomic mass is 9.70. The molecule has 4 atom stereocenters. The molecule has 1 aliphatic carbocycles. The number of rotatable bonds is 3. The molecule has 1 fully saturated rings. The maximum atomic E-state index is 14.6. The van der Waals surface area contributed by atoms with Crippen molar-refractivity contribution in [1.29, 1.82) is 0 Å². The van der Waals surface area contributed by atoms with Gasteiger partial charge in [0.05, 0.1) is 23.3 Å². The van der Waals surface area contributed by atoms with E-state index in [0.717, 1.165) is 56.4 Å². The highest BCUT2D eigenvalue weighted by Gasteiger charge is 2.38. The van der Waals surface area contributed by atoms with Gasteiger partial charge in [0, 0.05) is 31.6 Å². The standard InChI is InChI=1S/C34H44ClN3O6S/c1-5-32(39)36-45(41)27-14-16-31-29(20-27)38(17-7-6-9-23-19-26(35)13-11-25(23)22-43-31)21-24-12-15-28(24)30(42-4)10-8-18-44-34(2,3)33(40)37-45/h8,10-11,13-14,16,19-20,24,28,30H,5-7,9,12,15,17-18,21-22H2,1-4H3,(H,36,37,39,40,41)/b10-8+/t24-,28+,30+,45-/m0/s1. The van der Waals surface area contributed by atoms with Crippen LogP contribution in [0.5, 0.6) is 5.75 Å². The molecule has 5 rings (SSSR count). The summed E-state index contributed by atoms with van der Waals surface area (Å²) in [6, 6.07) is 11.1. The van der Waals surface area contributed by atoms with E-state index in [2.05, 4.69) is 14.0 Å². The zero-order valence-electron chi connectivity index (χ0n) is 26.6. The Morgan fingerprint density at radius 2 is 2.00 bits per heavy atom. The van der Waals surface area contributed by atoms with Crippen molar-refractivity contribution in [2.75, 3.05) is 31.7 Å². The first-order valence-electron chi connectivity index (χ1n) is 15.8. The molecule has 2 aromatic rings. The minimum Gasteiger partial charge on any atom is -0.487 e. The minimum atomic E-state index is -3.71. The Kier molecular flexibility index (Phi) is 10.6. The van der Waals surface area contributed by atoms with E-state index in [9.17, 15) is 13.8 Å². The predicted molar refractivity (Wildman–Crippen MR) is 176 cm³/mol. The number of anilines is 1. The fraction of sp³-hybridized carbons (Fsp3) is 0.529. The molecule has 2 heterocycles. The molecule has 0 radical (unpaired) electrons. The van der Waals surface area contributed by atoms with Gasteiger partial charge in [0.25, 0.3) is 5.91 Å². The number of carbonyl (C=O) groups is 2. The summed E-state index contributed by atoms with van der Waals surface area (Å²) < 4.78 is 39.6. The van der Waals surface area contributed by atoms with Crippen LogP contribution in [0, 0.1) is 11.8 Å². The third kappa shape index (κ3) is 7.73. The average Bonchev–Trinajstić information content (AvgIpc) is 3.03. The Labute approximate surface area is 272 Å². The molecule has 45 heavy (non-hydrogen) atoms. The number of fused-ring (bicyclic) bond motifs is 3. The number of hydrogen-bond donors (Lipinski definition) is 1. The van der Waals surface area contributed by atoms with Gasteiger partial charge in [-0.05, 0) is 99.2 Å². The van der Waals surface area contributed by atoms with Gasteiger partial charge in [-0.1, -0.05) is 36.7 Å². The number of nitrogens with zero attached hydrogens (tertiary/aromatic N) is 2. The van der Waals surface area contributed by atoms with Gasteiger partial charge in [0.1, 0.15) is 18.0 Å². The summed E-state index contributed by atoms with van der Waals surface area (Å²) in [6.07, 6.45) is 8.73. The van der Waals surface area contributed by atoms with Crippen LogP contribution >= 0.6 is 11.6 Å². The zero-order valence-corrected chi connectivity index (χ0v) is 28.1. The van der Waals surface area contributed by atoms with Crippen molar-refractivity contribution in [3.05, 3.63) is 64.7 Å². The van der Waals surface area contributed by atoms with Crippen LogP contribution in [0.2, 0.25) is 5.02 Å². The maximum Gasteiger partial charge on any atom is 0.287 e. The summed E-state index contributed by atoms with van der Waals surface area (Å²) in [7, 11) is -1.98. The van der Waals surface area contributed by atoms with Crippen molar-refractivity contribution in [1.82, 2.24) is 4.72 Å². The molecule has 2 aromatic carbocycles. The third-order valence-corrected chi connectivity index (χ3v) is 11.1. The van der Waals surface area contributed by atoms with E-state index in [1.807, 2.05) is 30.4 Å². The molecule has 1 N–H and O–H groups in total. The van der Waals surface area contributed by atoms with Crippen molar-refractivity contribution in [2.45, 2.75) is 82.5 Å². The highest BCUT2D eigenvalue weighted by atomic mass is 35.5. The number of carbonyl (C=O) groups excluding carboxylic acids is 2. The Bertz CT molecular complexity index is 1570. The van der Waals surface area contributed by atoms with Crippen LogP contribution < -0.4 is 14.4 Å². The fourth-order valence-corrected chi connectivity index (χ4v) is 8.01. The van der Waals surface area contributed by atoms with Crippen molar-refractivity contribution in [3.63, 3.8) is 0 Å². The maximum absolute atomic E-state index is 14.6. The Hall–Kier alpha value is -2.92. The predicted octanol–water partition coefficient (Wildman–Crippen LogP) is 6.26. The van der Waals surface area contributed by atoms with E-state index in [-0.39, 0.29) is 24.0 Å². The minimum absolute atomic E-state index is 0.0821. The van der Waals surface area contributed by atoms with Gasteiger partial charge in [-0.3, -0.25) is 14.3 Å². The van der Waals surface area contributed by atoms with Crippen molar-refractivity contribution < 1.29 is 28.0 Å². The lowest BCUT2D eigenvalue weighted by Gasteiger charge is -2.43. The molecule has 1 saturated carbocycles. The summed E-state index contributed by atoms with van der Waals surface area (Å²) in [5, 5.41) is 0.702. The lowest BCUT2D eigenvalue weighted by molar-refractivity contribution is -0.137. The summed E-state index contributed by atoms with van der Waals surface area (Å²) in [5.41, 5.74) is 1.60. The van der Waals surface area contributed by atoms with Gasteiger partial charge in [0.2, 0.25) is 5.91 Å². The van der Waals surface area contributed by atoms with Crippen LogP contribution in [-0.2, 0) is 42.0 Å². The van der Waals surface area contributed by atoms with Gasteiger partial charge in [-0.15, -0.1) is 4.36 Å². The van der Waals surface area contributed by atoms with E-state index in [4.69, 9.17) is 25.8 Å². The number of hydrogen-bond acceptors (Lipinski definition) is 7. The molecule has 0 aromatic heterocycles. The summed E-state index contributed by atoms with van der Waals surface area (Å²) in [6.45, 7) is 6.82. The number of methoxy groups -OCH3 is 1. The monoisotopic (exact) mass is 657 g/mol. The van der Waals surface area contributed by atoms with Crippen LogP contribution in [-0.4, -0.2) is 54.5 Å². The lowest BCUT2D eigenvalue weighted by Crippen LogP contribution is -2.44. The zero-order chi connectivity index (χ0) is 32.2. The Morgan fingerprint density at radius 1 is 1.18 bits per heavy atom. The first-order chi connectivity index (χ1) is 21.5. The van der Waals surface area contributed by atoms with Crippen LogP contribution in [0.25, 0.3) is 0 Å². The molecule has 244 valence electrons. The second kappa shape index (κ2) is 14.2. The first kappa shape index (κ1) is 33.4. The van der Waals surface area contributed by atoms with Gasteiger partial charge >= 0.3 is 0 Å². The molecule has 9 nitrogen and oxygen atoms in total. The molecular formula is C34H44ClN3O6S. The van der Waals surface area contributed by atoms with Gasteiger partial charge in [-0.25, -0.2) is 4.21 Å². The highest BCUT2D eigenvalue weighted by Crippen LogP contribution is 2.42. The van der Waals surface area contributed by atoms with Crippen molar-refractivity contribution in [2.24, 2.45) is 16.2 Å². The second-order valence-corrected chi connectivity index (χ2v) is 14.8. The van der Waals surface area contributed by atoms with Gasteiger partial charge in [-0.2, -0.15) is 0 Å². The van der Waals surface area contributed by atoms with Crippen molar-refractivity contribution in [3.8, 4) is 5.75 Å². The fourth-order valence-electron chi connectivity index (χ4n) is 6.12. The van der Waals surface area contributed by atoms with E-state index in [1.54, 1.807) is 46.1 Å². The number of nitrogens with one attached hydrogen (secondary N) is 1. The van der Waals surface area contributed by atoms with Crippen molar-refractivity contribution >= 4 is 39.0 Å². The Morgan fingerprint density at radius 3 is 2.73 bits per heavy atom. The van der Waals surface area contributed by atoms with E-state index < -0.39 is 27.3 Å². The quantitative estimate of drug-likeness (QED) is 0.388. The molecule has 0 saturated heterocycles. The van der Waals surface area contributed by atoms with Gasteiger partial charge in [0.15, 0.2) is 9.92 Å². The average molecular weight is 658 g/mol. The molecule has 0 spiro atoms. The molecule has 2 aliphatic heterocycles. The molecule has 3 aliphatic rings. The van der Waals surface area contributed by atoms with Gasteiger partial charge < -0.3 is 19.1 Å². The van der Waals surface area contributed by atoms with E-state index in [1.165, 1.54) is 5.56 Å². The molecule has 11 heteroatoms.